The summed E-state index contributed by atoms with van der Waals surface area (Å²) in [6, 6.07) is 6.86. The number of carbonyl (C=O) groups excluding carboxylic acids is 1. The molecule has 1 heterocycles. The lowest BCUT2D eigenvalue weighted by molar-refractivity contribution is 0.102. The standard InChI is InChI=1S/C13H15ClN4O/c1-8(2)18-11(6-7-16-18)17-13(19)9-4-3-5-10(15)12(9)14/h3-8H,15H2,1-2H3,(H,17,19). The van der Waals surface area contributed by atoms with E-state index >= 15 is 0 Å². The molecule has 6 heteroatoms. The molecule has 2 rings (SSSR count). The van der Waals surface area contributed by atoms with E-state index in [1.807, 2.05) is 13.8 Å². The number of hydrogen-bond acceptors (Lipinski definition) is 3. The molecule has 5 nitrogen and oxygen atoms in total. The SMILES string of the molecule is CC(C)n1nccc1NC(=O)c1cccc(N)c1Cl. The van der Waals surface area contributed by atoms with Crippen molar-refractivity contribution in [2.24, 2.45) is 0 Å². The molecule has 0 radical (unpaired) electrons. The fraction of sp³-hybridized carbons (Fsp3) is 0.231. The zero-order valence-electron chi connectivity index (χ0n) is 10.7. The van der Waals surface area contributed by atoms with Gasteiger partial charge >= 0.3 is 0 Å². The van der Waals surface area contributed by atoms with Gasteiger partial charge in [0, 0.05) is 12.1 Å². The molecular weight excluding hydrogens is 264 g/mol. The molecule has 0 unspecified atom stereocenters. The molecule has 100 valence electrons. The summed E-state index contributed by atoms with van der Waals surface area (Å²) in [5.41, 5.74) is 6.41. The fourth-order valence-electron chi connectivity index (χ4n) is 1.73. The fourth-order valence-corrected chi connectivity index (χ4v) is 1.95. The van der Waals surface area contributed by atoms with Crippen LogP contribution < -0.4 is 11.1 Å². The van der Waals surface area contributed by atoms with Crippen molar-refractivity contribution in [3.63, 3.8) is 0 Å². The van der Waals surface area contributed by atoms with Crippen LogP contribution in [0.2, 0.25) is 5.02 Å². The topological polar surface area (TPSA) is 72.9 Å². The Morgan fingerprint density at radius 3 is 2.84 bits per heavy atom. The maximum atomic E-state index is 12.2. The smallest absolute Gasteiger partial charge is 0.258 e. The van der Waals surface area contributed by atoms with Gasteiger partial charge in [-0.15, -0.1) is 0 Å². The maximum absolute atomic E-state index is 12.2. The Labute approximate surface area is 116 Å². The summed E-state index contributed by atoms with van der Waals surface area (Å²) in [4.78, 5) is 12.2. The van der Waals surface area contributed by atoms with E-state index in [2.05, 4.69) is 10.4 Å². The third-order valence-corrected chi connectivity index (χ3v) is 3.10. The molecule has 0 aliphatic carbocycles. The molecule has 0 aliphatic heterocycles. The number of rotatable bonds is 3. The molecule has 0 saturated carbocycles. The zero-order valence-corrected chi connectivity index (χ0v) is 11.5. The Morgan fingerprint density at radius 2 is 2.16 bits per heavy atom. The second-order valence-electron chi connectivity index (χ2n) is 4.42. The minimum atomic E-state index is -0.306. The van der Waals surface area contributed by atoms with E-state index in [1.54, 1.807) is 35.1 Å². The number of carbonyl (C=O) groups is 1. The number of nitrogen functional groups attached to an aromatic ring is 1. The molecule has 0 bridgehead atoms. The van der Waals surface area contributed by atoms with Gasteiger partial charge in [0.1, 0.15) is 5.82 Å². The van der Waals surface area contributed by atoms with Crippen LogP contribution in [0.4, 0.5) is 11.5 Å². The monoisotopic (exact) mass is 278 g/mol. The first kappa shape index (κ1) is 13.4. The van der Waals surface area contributed by atoms with Crippen molar-refractivity contribution in [2.75, 3.05) is 11.1 Å². The van der Waals surface area contributed by atoms with Crippen LogP contribution in [0, 0.1) is 0 Å². The van der Waals surface area contributed by atoms with Crippen LogP contribution in [0.15, 0.2) is 30.5 Å². The highest BCUT2D eigenvalue weighted by molar-refractivity contribution is 6.36. The average Bonchev–Trinajstić information content (AvgIpc) is 2.80. The van der Waals surface area contributed by atoms with Gasteiger partial charge in [-0.05, 0) is 26.0 Å². The Balaban J connectivity index is 2.26. The van der Waals surface area contributed by atoms with Crippen LogP contribution in [-0.4, -0.2) is 15.7 Å². The molecule has 1 aromatic carbocycles. The molecule has 1 amide bonds. The van der Waals surface area contributed by atoms with Crippen molar-refractivity contribution in [3.05, 3.63) is 41.0 Å². The Kier molecular flexibility index (Phi) is 3.76. The van der Waals surface area contributed by atoms with Gasteiger partial charge in [-0.25, -0.2) is 4.68 Å². The number of halogens is 1. The minimum Gasteiger partial charge on any atom is -0.398 e. The summed E-state index contributed by atoms with van der Waals surface area (Å²) in [5.74, 6) is 0.318. The van der Waals surface area contributed by atoms with Crippen molar-refractivity contribution in [1.29, 1.82) is 0 Å². The number of hydrogen-bond donors (Lipinski definition) is 2. The highest BCUT2D eigenvalue weighted by Crippen LogP contribution is 2.24. The van der Waals surface area contributed by atoms with Gasteiger partial charge in [0.15, 0.2) is 0 Å². The summed E-state index contributed by atoms with van der Waals surface area (Å²) < 4.78 is 1.72. The molecule has 0 spiro atoms. The van der Waals surface area contributed by atoms with Gasteiger partial charge < -0.3 is 11.1 Å². The first-order valence-corrected chi connectivity index (χ1v) is 6.27. The maximum Gasteiger partial charge on any atom is 0.258 e. The second kappa shape index (κ2) is 5.32. The molecule has 3 N–H and O–H groups in total. The van der Waals surface area contributed by atoms with Gasteiger partial charge in [-0.1, -0.05) is 17.7 Å². The minimum absolute atomic E-state index is 0.154. The van der Waals surface area contributed by atoms with Gasteiger partial charge in [0.05, 0.1) is 22.5 Å². The molecule has 0 saturated heterocycles. The Morgan fingerprint density at radius 1 is 1.42 bits per heavy atom. The average molecular weight is 279 g/mol. The van der Waals surface area contributed by atoms with Crippen molar-refractivity contribution in [3.8, 4) is 0 Å². The van der Waals surface area contributed by atoms with Gasteiger partial charge in [-0.3, -0.25) is 4.79 Å². The van der Waals surface area contributed by atoms with E-state index in [1.165, 1.54) is 0 Å². The lowest BCUT2D eigenvalue weighted by atomic mass is 10.2. The van der Waals surface area contributed by atoms with Crippen molar-refractivity contribution in [2.45, 2.75) is 19.9 Å². The number of nitrogens with one attached hydrogen (secondary N) is 1. The summed E-state index contributed by atoms with van der Waals surface area (Å²) >= 11 is 6.02. The molecule has 0 fully saturated rings. The van der Waals surface area contributed by atoms with Crippen molar-refractivity contribution >= 4 is 29.0 Å². The molecule has 1 aromatic heterocycles. The lowest BCUT2D eigenvalue weighted by Crippen LogP contribution is -2.17. The second-order valence-corrected chi connectivity index (χ2v) is 4.80. The first-order valence-electron chi connectivity index (χ1n) is 5.89. The van der Waals surface area contributed by atoms with Gasteiger partial charge in [0.25, 0.3) is 5.91 Å². The number of nitrogens with zero attached hydrogens (tertiary/aromatic N) is 2. The van der Waals surface area contributed by atoms with Crippen LogP contribution in [0.3, 0.4) is 0 Å². The number of aromatic nitrogens is 2. The third kappa shape index (κ3) is 2.71. The Bertz CT molecular complexity index is 606. The Hall–Kier alpha value is -2.01. The van der Waals surface area contributed by atoms with Gasteiger partial charge in [-0.2, -0.15) is 5.10 Å². The van der Waals surface area contributed by atoms with E-state index < -0.39 is 0 Å². The predicted octanol–water partition coefficient (Wildman–Crippen LogP) is 2.95. The number of benzene rings is 1. The van der Waals surface area contributed by atoms with Crippen molar-refractivity contribution in [1.82, 2.24) is 9.78 Å². The van der Waals surface area contributed by atoms with Crippen molar-refractivity contribution < 1.29 is 4.79 Å². The summed E-state index contributed by atoms with van der Waals surface area (Å²) in [5, 5.41) is 7.18. The first-order chi connectivity index (χ1) is 9.00. The van der Waals surface area contributed by atoms with E-state index in [-0.39, 0.29) is 17.0 Å². The quantitative estimate of drug-likeness (QED) is 0.848. The molecule has 2 aromatic rings. The van der Waals surface area contributed by atoms with E-state index in [0.717, 1.165) is 0 Å². The van der Waals surface area contributed by atoms with E-state index in [0.29, 0.717) is 17.1 Å². The van der Waals surface area contributed by atoms with E-state index in [9.17, 15) is 4.79 Å². The summed E-state index contributed by atoms with van der Waals surface area (Å²) in [6.45, 7) is 3.96. The van der Waals surface area contributed by atoms with Crippen LogP contribution >= 0.6 is 11.6 Å². The molecule has 0 aliphatic rings. The van der Waals surface area contributed by atoms with Crippen LogP contribution in [0.1, 0.15) is 30.2 Å². The largest absolute Gasteiger partial charge is 0.398 e. The highest BCUT2D eigenvalue weighted by Gasteiger charge is 2.14. The number of anilines is 2. The van der Waals surface area contributed by atoms with Crippen LogP contribution in [0.25, 0.3) is 0 Å². The third-order valence-electron chi connectivity index (χ3n) is 2.67. The molecule has 0 atom stereocenters. The van der Waals surface area contributed by atoms with Crippen LogP contribution in [-0.2, 0) is 0 Å². The number of amides is 1. The zero-order chi connectivity index (χ0) is 14.0. The highest BCUT2D eigenvalue weighted by atomic mass is 35.5. The molecule has 19 heavy (non-hydrogen) atoms. The normalized spacial score (nSPS) is 10.7. The number of nitrogens with two attached hydrogens (primary N) is 1. The van der Waals surface area contributed by atoms with Crippen LogP contribution in [0.5, 0.6) is 0 Å². The summed E-state index contributed by atoms with van der Waals surface area (Å²) in [7, 11) is 0. The lowest BCUT2D eigenvalue weighted by Gasteiger charge is -2.12. The predicted molar refractivity (Wildman–Crippen MR) is 76.4 cm³/mol. The molecular formula is C13H15ClN4O. The van der Waals surface area contributed by atoms with E-state index in [4.69, 9.17) is 17.3 Å². The van der Waals surface area contributed by atoms with Gasteiger partial charge in [0.2, 0.25) is 0 Å². The summed E-state index contributed by atoms with van der Waals surface area (Å²) in [6.07, 6.45) is 1.64.